The van der Waals surface area contributed by atoms with Gasteiger partial charge in [0, 0.05) is 21.9 Å². The van der Waals surface area contributed by atoms with Crippen LogP contribution in [0.25, 0.3) is 98.4 Å². The first-order valence-corrected chi connectivity index (χ1v) is 15.7. The summed E-state index contributed by atoms with van der Waals surface area (Å²) in [5.41, 5.74) is 6.23. The minimum Gasteiger partial charge on any atom is -0.455 e. The van der Waals surface area contributed by atoms with Crippen LogP contribution >= 0.6 is 0 Å². The van der Waals surface area contributed by atoms with Crippen LogP contribution in [0.15, 0.2) is 174 Å². The lowest BCUT2D eigenvalue weighted by Gasteiger charge is -2.17. The Labute approximate surface area is 280 Å². The molecule has 0 aliphatic carbocycles. The molecule has 218 valence electrons. The van der Waals surface area contributed by atoms with E-state index in [1.165, 1.54) is 0 Å². The first-order chi connectivity index (χ1) is 25.8. The Hall–Kier alpha value is -6.18. The van der Waals surface area contributed by atoms with Crippen molar-refractivity contribution in [1.29, 1.82) is 0 Å². The monoisotopic (exact) mass is 602 g/mol. The van der Waals surface area contributed by atoms with Crippen molar-refractivity contribution in [3.05, 3.63) is 170 Å². The van der Waals surface area contributed by atoms with Crippen molar-refractivity contribution in [2.75, 3.05) is 0 Å². The molecule has 47 heavy (non-hydrogen) atoms. The van der Waals surface area contributed by atoms with Gasteiger partial charge in [0.1, 0.15) is 11.2 Å². The molecule has 0 bridgehead atoms. The van der Waals surface area contributed by atoms with Crippen molar-refractivity contribution in [3.63, 3.8) is 0 Å². The molecule has 0 aliphatic heterocycles. The van der Waals surface area contributed by atoms with Gasteiger partial charge in [-0.1, -0.05) is 152 Å². The fraction of sp³-hybridized carbons (Fsp3) is 0. The van der Waals surface area contributed by atoms with Gasteiger partial charge in [-0.15, -0.1) is 0 Å². The topological polar surface area (TPSA) is 13.1 Å². The average molecular weight is 603 g/mol. The maximum absolute atomic E-state index is 9.01. The lowest BCUT2D eigenvalue weighted by Crippen LogP contribution is -1.90. The molecule has 0 saturated heterocycles. The van der Waals surface area contributed by atoms with Crippen molar-refractivity contribution in [3.8, 4) is 33.4 Å². The fourth-order valence-electron chi connectivity index (χ4n) is 7.44. The van der Waals surface area contributed by atoms with E-state index in [1.54, 1.807) is 0 Å². The zero-order valence-electron chi connectivity index (χ0n) is 31.1. The summed E-state index contributed by atoms with van der Waals surface area (Å²) in [7, 11) is 0. The summed E-state index contributed by atoms with van der Waals surface area (Å²) in [5.74, 6) is 0. The third-order valence-electron chi connectivity index (χ3n) is 9.40. The number of furan rings is 1. The van der Waals surface area contributed by atoms with E-state index in [9.17, 15) is 0 Å². The van der Waals surface area contributed by atoms with Crippen LogP contribution in [0.3, 0.4) is 0 Å². The zero-order chi connectivity index (χ0) is 36.1. The van der Waals surface area contributed by atoms with E-state index in [1.807, 2.05) is 84.9 Å². The van der Waals surface area contributed by atoms with Gasteiger partial charge in [-0.2, -0.15) is 0 Å². The molecule has 0 unspecified atom stereocenters. The van der Waals surface area contributed by atoms with Crippen LogP contribution in [0, 0.1) is 0 Å². The molecular formula is C46H28O. The number of benzene rings is 9. The Balaban J connectivity index is 1.26. The zero-order valence-corrected chi connectivity index (χ0v) is 25.1. The minimum atomic E-state index is -0.411. The number of hydrogen-bond acceptors (Lipinski definition) is 1. The quantitative estimate of drug-likeness (QED) is 0.183. The average Bonchev–Trinajstić information content (AvgIpc) is 3.58. The highest BCUT2D eigenvalue weighted by molar-refractivity contribution is 6.23. The van der Waals surface area contributed by atoms with Crippen molar-refractivity contribution in [2.24, 2.45) is 0 Å². The second-order valence-corrected chi connectivity index (χ2v) is 11.9. The first kappa shape index (κ1) is 20.8. The van der Waals surface area contributed by atoms with E-state index < -0.39 is 6.04 Å². The summed E-state index contributed by atoms with van der Waals surface area (Å²) in [4.78, 5) is 0. The normalized spacial score (nSPS) is 13.6. The first-order valence-electron chi connectivity index (χ1n) is 18.7. The SMILES string of the molecule is [2H]c1c([2H])c([2H])c(-c2c3ccccc3c(-c3ccc4c(c3)oc3c(-c5c6ccccc6c([2H])c6ccccc56)cccc34)c3ccccc23)c([2H])c1[2H]. The molecular weight excluding hydrogens is 569 g/mol. The molecule has 0 spiro atoms. The molecule has 0 saturated carbocycles. The highest BCUT2D eigenvalue weighted by Gasteiger charge is 2.20. The van der Waals surface area contributed by atoms with Gasteiger partial charge in [-0.25, -0.2) is 0 Å². The molecule has 10 aromatic rings. The lowest BCUT2D eigenvalue weighted by molar-refractivity contribution is 0.670. The Bertz CT molecular complexity index is 3050. The Kier molecular flexibility index (Phi) is 4.49. The summed E-state index contributed by atoms with van der Waals surface area (Å²) in [5, 5.41) is 9.16. The van der Waals surface area contributed by atoms with E-state index in [-0.39, 0.29) is 29.7 Å². The van der Waals surface area contributed by atoms with Gasteiger partial charge in [0.2, 0.25) is 0 Å². The molecule has 1 heteroatoms. The van der Waals surface area contributed by atoms with Gasteiger partial charge in [0.05, 0.1) is 8.22 Å². The van der Waals surface area contributed by atoms with Crippen molar-refractivity contribution in [2.45, 2.75) is 0 Å². The van der Waals surface area contributed by atoms with Gasteiger partial charge >= 0.3 is 0 Å². The van der Waals surface area contributed by atoms with Gasteiger partial charge in [-0.05, 0) is 83.5 Å². The van der Waals surface area contributed by atoms with Crippen LogP contribution in [0.4, 0.5) is 0 Å². The van der Waals surface area contributed by atoms with Gasteiger partial charge in [-0.3, -0.25) is 0 Å². The predicted octanol–water partition coefficient (Wildman–Crippen LogP) is 13.2. The summed E-state index contributed by atoms with van der Waals surface area (Å²) in [6.07, 6.45) is 0. The molecule has 0 atom stereocenters. The Morgan fingerprint density at radius 2 is 0.936 bits per heavy atom. The summed E-state index contributed by atoms with van der Waals surface area (Å²) in [6.45, 7) is 0. The number of hydrogen-bond donors (Lipinski definition) is 0. The number of fused-ring (bicyclic) bond motifs is 7. The third kappa shape index (κ3) is 3.90. The molecule has 1 nitrogen and oxygen atoms in total. The Morgan fingerprint density at radius 3 is 1.55 bits per heavy atom. The van der Waals surface area contributed by atoms with Crippen LogP contribution in [0.2, 0.25) is 0 Å². The molecule has 0 N–H and O–H groups in total. The molecule has 1 heterocycles. The van der Waals surface area contributed by atoms with E-state index in [4.69, 9.17) is 12.6 Å². The summed E-state index contributed by atoms with van der Waals surface area (Å²) >= 11 is 0. The van der Waals surface area contributed by atoms with Gasteiger partial charge in [0.15, 0.2) is 0 Å². The molecule has 0 fully saturated rings. The second kappa shape index (κ2) is 10.2. The van der Waals surface area contributed by atoms with Gasteiger partial charge in [0.25, 0.3) is 0 Å². The van der Waals surface area contributed by atoms with Crippen LogP contribution in [-0.2, 0) is 0 Å². The molecule has 0 aliphatic rings. The van der Waals surface area contributed by atoms with Crippen LogP contribution in [0.5, 0.6) is 0 Å². The highest BCUT2D eigenvalue weighted by atomic mass is 16.3. The third-order valence-corrected chi connectivity index (χ3v) is 9.40. The fourth-order valence-corrected chi connectivity index (χ4v) is 7.44. The van der Waals surface area contributed by atoms with Crippen LogP contribution in [0.1, 0.15) is 8.22 Å². The second-order valence-electron chi connectivity index (χ2n) is 11.9. The highest BCUT2D eigenvalue weighted by Crippen LogP contribution is 2.46. The smallest absolute Gasteiger partial charge is 0.143 e. The van der Waals surface area contributed by atoms with Crippen molar-refractivity contribution < 1.29 is 12.6 Å². The minimum absolute atomic E-state index is 0.189. The molecule has 10 rings (SSSR count). The molecule has 9 aromatic carbocycles. The largest absolute Gasteiger partial charge is 0.455 e. The van der Waals surface area contributed by atoms with E-state index in [0.717, 1.165) is 87.3 Å². The van der Waals surface area contributed by atoms with Gasteiger partial charge < -0.3 is 4.42 Å². The van der Waals surface area contributed by atoms with Crippen molar-refractivity contribution >= 4 is 65.0 Å². The molecule has 0 radical (unpaired) electrons. The maximum atomic E-state index is 9.01. The van der Waals surface area contributed by atoms with E-state index in [2.05, 4.69) is 48.5 Å². The molecule has 1 aromatic heterocycles. The number of para-hydroxylation sites is 1. The van der Waals surface area contributed by atoms with Crippen LogP contribution < -0.4 is 0 Å². The Morgan fingerprint density at radius 1 is 0.404 bits per heavy atom. The van der Waals surface area contributed by atoms with Crippen molar-refractivity contribution in [1.82, 2.24) is 0 Å². The number of rotatable bonds is 3. The van der Waals surface area contributed by atoms with E-state index >= 15 is 0 Å². The van der Waals surface area contributed by atoms with Crippen LogP contribution in [-0.4, -0.2) is 0 Å². The predicted molar refractivity (Wildman–Crippen MR) is 200 cm³/mol. The van der Waals surface area contributed by atoms with E-state index in [0.29, 0.717) is 11.6 Å². The standard InChI is InChI=1S/C46H28O/c1-2-13-29(14-3-1)43-36-19-8-10-21-38(36)44(39-22-11-9-20-37(39)43)32-25-26-35-40-23-12-24-41(46(40)47-42(35)28-32)45-33-17-6-4-15-30(33)27-31-16-5-7-18-34(31)45/h1-28H/i1D,2D,3D,13D,14D,27D. The molecule has 0 amide bonds. The summed E-state index contributed by atoms with van der Waals surface area (Å²) in [6, 6.07) is 43.4. The maximum Gasteiger partial charge on any atom is 0.143 e. The summed E-state index contributed by atoms with van der Waals surface area (Å²) < 4.78 is 58.7. The lowest BCUT2D eigenvalue weighted by atomic mass is 9.86.